The van der Waals surface area contributed by atoms with Crippen molar-refractivity contribution in [1.82, 2.24) is 4.98 Å². The summed E-state index contributed by atoms with van der Waals surface area (Å²) in [7, 11) is 16.6. The van der Waals surface area contributed by atoms with E-state index in [1.165, 1.54) is 28.3 Å². The maximum absolute atomic E-state index is 5.12. The maximum atomic E-state index is 5.12. The summed E-state index contributed by atoms with van der Waals surface area (Å²) < 4.78 is 0. The van der Waals surface area contributed by atoms with E-state index in [-0.39, 0.29) is 0 Å². The number of aromatic nitrogens is 1. The van der Waals surface area contributed by atoms with Gasteiger partial charge >= 0.3 is 0 Å². The van der Waals surface area contributed by atoms with Crippen LogP contribution in [0.4, 0.5) is 22.7 Å². The van der Waals surface area contributed by atoms with Crippen molar-refractivity contribution in [2.75, 3.05) is 76.0 Å². The van der Waals surface area contributed by atoms with E-state index in [0.717, 1.165) is 28.1 Å². The summed E-state index contributed by atoms with van der Waals surface area (Å²) in [6, 6.07) is 28.3. The lowest BCUT2D eigenvalue weighted by molar-refractivity contribution is 1.10. The van der Waals surface area contributed by atoms with Crippen LogP contribution in [0.25, 0.3) is 33.6 Å². The molecular weight excluding hydrogens is 442 g/mol. The molecule has 4 aromatic rings. The molecule has 1 heterocycles. The van der Waals surface area contributed by atoms with E-state index in [9.17, 15) is 0 Å². The van der Waals surface area contributed by atoms with Gasteiger partial charge in [-0.3, -0.25) is 0 Å². The van der Waals surface area contributed by atoms with Crippen molar-refractivity contribution in [3.8, 4) is 33.6 Å². The summed E-state index contributed by atoms with van der Waals surface area (Å²) in [4.78, 5) is 13.7. The van der Waals surface area contributed by atoms with Crippen LogP contribution in [0.2, 0.25) is 0 Å². The van der Waals surface area contributed by atoms with Crippen molar-refractivity contribution in [3.05, 3.63) is 78.9 Å². The first kappa shape index (κ1) is 25.1. The Kier molecular flexibility index (Phi) is 7.20. The van der Waals surface area contributed by atoms with Crippen molar-refractivity contribution < 1.29 is 0 Å². The molecule has 0 amide bonds. The van der Waals surface area contributed by atoms with E-state index in [2.05, 4.69) is 155 Å². The second kappa shape index (κ2) is 10.3. The fraction of sp³-hybridized carbons (Fsp3) is 0.258. The highest BCUT2D eigenvalue weighted by atomic mass is 15.1. The van der Waals surface area contributed by atoms with Crippen molar-refractivity contribution >= 4 is 22.7 Å². The lowest BCUT2D eigenvalue weighted by atomic mass is 9.97. The molecule has 0 saturated carbocycles. The van der Waals surface area contributed by atoms with Gasteiger partial charge in [-0.1, -0.05) is 30.3 Å². The van der Waals surface area contributed by atoms with E-state index >= 15 is 0 Å². The molecule has 0 aliphatic carbocycles. The average Bonchev–Trinajstić information content (AvgIpc) is 2.88. The lowest BCUT2D eigenvalue weighted by Crippen LogP contribution is -2.13. The predicted molar refractivity (Wildman–Crippen MR) is 158 cm³/mol. The topological polar surface area (TPSA) is 25.9 Å². The van der Waals surface area contributed by atoms with Crippen molar-refractivity contribution in [2.45, 2.75) is 0 Å². The minimum atomic E-state index is 0.964. The number of hydrogen-bond donors (Lipinski definition) is 0. The van der Waals surface area contributed by atoms with Gasteiger partial charge in [0.15, 0.2) is 0 Å². The van der Waals surface area contributed by atoms with Gasteiger partial charge in [0.05, 0.1) is 11.4 Å². The molecule has 3 aromatic carbocycles. The highest BCUT2D eigenvalue weighted by Gasteiger charge is 2.14. The minimum Gasteiger partial charge on any atom is -0.378 e. The molecule has 0 aliphatic rings. The Morgan fingerprint density at radius 2 is 0.833 bits per heavy atom. The molecule has 0 radical (unpaired) electrons. The molecule has 0 atom stereocenters. The Hall–Kier alpha value is -3.99. The van der Waals surface area contributed by atoms with Crippen LogP contribution in [-0.2, 0) is 0 Å². The number of anilines is 4. The molecule has 0 aliphatic heterocycles. The largest absolute Gasteiger partial charge is 0.378 e. The smallest absolute Gasteiger partial charge is 0.0715 e. The molecule has 5 heteroatoms. The van der Waals surface area contributed by atoms with Crippen LogP contribution < -0.4 is 19.6 Å². The number of hydrogen-bond acceptors (Lipinski definition) is 5. The third kappa shape index (κ3) is 5.30. The quantitative estimate of drug-likeness (QED) is 0.308. The zero-order chi connectivity index (χ0) is 26.0. The van der Waals surface area contributed by atoms with Gasteiger partial charge in [0.2, 0.25) is 0 Å². The summed E-state index contributed by atoms with van der Waals surface area (Å²) in [5.74, 6) is 0. The number of benzene rings is 3. The molecule has 36 heavy (non-hydrogen) atoms. The van der Waals surface area contributed by atoms with Crippen LogP contribution >= 0.6 is 0 Å². The molecule has 5 nitrogen and oxygen atoms in total. The van der Waals surface area contributed by atoms with Crippen LogP contribution in [-0.4, -0.2) is 61.4 Å². The van der Waals surface area contributed by atoms with E-state index in [0.29, 0.717) is 0 Å². The third-order valence-corrected chi connectivity index (χ3v) is 6.47. The fourth-order valence-corrected chi connectivity index (χ4v) is 4.25. The highest BCUT2D eigenvalue weighted by Crippen LogP contribution is 2.37. The van der Waals surface area contributed by atoms with Crippen LogP contribution in [0.5, 0.6) is 0 Å². The standard InChI is InChI=1S/C31H37N5/c1-33(2)25-13-9-22(10-14-25)29-19-24(28-18-17-27(35(5)6)21-31(28)36(7)8)20-30(32-29)23-11-15-26(16-12-23)34(3)4/h9-21H,1-8H3. The van der Waals surface area contributed by atoms with E-state index in [1.807, 2.05) is 0 Å². The molecule has 0 bridgehead atoms. The van der Waals surface area contributed by atoms with Crippen molar-refractivity contribution in [3.63, 3.8) is 0 Å². The fourth-order valence-electron chi connectivity index (χ4n) is 4.25. The minimum absolute atomic E-state index is 0.964. The average molecular weight is 480 g/mol. The van der Waals surface area contributed by atoms with E-state index in [4.69, 9.17) is 4.98 Å². The highest BCUT2D eigenvalue weighted by molar-refractivity contribution is 5.85. The SMILES string of the molecule is CN(C)c1ccc(-c2cc(-c3ccc(N(C)C)cc3N(C)C)cc(-c3ccc(N(C)C)cc3)n2)cc1. The first-order chi connectivity index (χ1) is 17.1. The third-order valence-electron chi connectivity index (χ3n) is 6.47. The number of pyridine rings is 1. The molecule has 186 valence electrons. The zero-order valence-electron chi connectivity index (χ0n) is 22.7. The second-order valence-electron chi connectivity index (χ2n) is 10.00. The summed E-state index contributed by atoms with van der Waals surface area (Å²) in [6.07, 6.45) is 0. The van der Waals surface area contributed by atoms with Gasteiger partial charge in [-0.25, -0.2) is 4.98 Å². The number of nitrogens with zero attached hydrogens (tertiary/aromatic N) is 5. The van der Waals surface area contributed by atoms with E-state index < -0.39 is 0 Å². The Balaban J connectivity index is 1.90. The van der Waals surface area contributed by atoms with Gasteiger partial charge in [-0.15, -0.1) is 0 Å². The first-order valence-electron chi connectivity index (χ1n) is 12.2. The second-order valence-corrected chi connectivity index (χ2v) is 10.00. The van der Waals surface area contributed by atoms with Crippen LogP contribution in [0, 0.1) is 0 Å². The van der Waals surface area contributed by atoms with Gasteiger partial charge in [0, 0.05) is 95.8 Å². The summed E-state index contributed by atoms with van der Waals surface area (Å²) in [5, 5.41) is 0. The molecule has 4 rings (SSSR count). The normalized spacial score (nSPS) is 10.8. The summed E-state index contributed by atoms with van der Waals surface area (Å²) in [5.41, 5.74) is 11.2. The summed E-state index contributed by atoms with van der Waals surface area (Å²) in [6.45, 7) is 0. The van der Waals surface area contributed by atoms with Crippen molar-refractivity contribution in [1.29, 1.82) is 0 Å². The van der Waals surface area contributed by atoms with Gasteiger partial charge < -0.3 is 19.6 Å². The molecule has 0 saturated heterocycles. The van der Waals surface area contributed by atoms with Crippen LogP contribution in [0.1, 0.15) is 0 Å². The van der Waals surface area contributed by atoms with E-state index in [1.54, 1.807) is 0 Å². The number of rotatable bonds is 7. The summed E-state index contributed by atoms with van der Waals surface area (Å²) >= 11 is 0. The van der Waals surface area contributed by atoms with Gasteiger partial charge in [0.25, 0.3) is 0 Å². The Morgan fingerprint density at radius 1 is 0.417 bits per heavy atom. The lowest BCUT2D eigenvalue weighted by Gasteiger charge is -2.22. The Bertz CT molecular complexity index is 1250. The van der Waals surface area contributed by atoms with Crippen LogP contribution in [0.3, 0.4) is 0 Å². The molecule has 0 N–H and O–H groups in total. The molecule has 0 fully saturated rings. The molecule has 0 unspecified atom stereocenters. The monoisotopic (exact) mass is 479 g/mol. The molecule has 0 spiro atoms. The first-order valence-corrected chi connectivity index (χ1v) is 12.2. The Morgan fingerprint density at radius 3 is 1.22 bits per heavy atom. The van der Waals surface area contributed by atoms with Crippen molar-refractivity contribution in [2.24, 2.45) is 0 Å². The zero-order valence-corrected chi connectivity index (χ0v) is 22.7. The van der Waals surface area contributed by atoms with Gasteiger partial charge in [-0.2, -0.15) is 0 Å². The Labute approximate surface area is 216 Å². The van der Waals surface area contributed by atoms with Gasteiger partial charge in [-0.05, 0) is 54.1 Å². The predicted octanol–water partition coefficient (Wildman–Crippen LogP) is 6.35. The molecule has 1 aromatic heterocycles. The molecular formula is C31H37N5. The van der Waals surface area contributed by atoms with Crippen LogP contribution in [0.15, 0.2) is 78.9 Å². The maximum Gasteiger partial charge on any atom is 0.0715 e. The van der Waals surface area contributed by atoms with Gasteiger partial charge in [0.1, 0.15) is 0 Å².